The molecule has 2 heterocycles. The highest BCUT2D eigenvalue weighted by atomic mass is 35.5. The molecule has 0 spiro atoms. The van der Waals surface area contributed by atoms with Crippen molar-refractivity contribution in [1.82, 2.24) is 24.3 Å². The van der Waals surface area contributed by atoms with Crippen molar-refractivity contribution in [2.45, 2.75) is 0 Å². The fraction of sp³-hybridized carbons (Fsp3) is 0.370. The lowest BCUT2D eigenvalue weighted by atomic mass is 10.1. The maximum absolute atomic E-state index is 14.2. The SMILES string of the molecule is COc1ccc(-c2cnc(C(=O)Nc3ccc(C(=O)N4CCN(CCN(C)C)CC4)c(Cl)c3)n2C)cc1F. The molecule has 0 radical (unpaired) electrons. The van der Waals surface area contributed by atoms with E-state index in [1.54, 1.807) is 35.9 Å². The van der Waals surface area contributed by atoms with E-state index in [2.05, 4.69) is 20.1 Å². The van der Waals surface area contributed by atoms with Crippen LogP contribution < -0.4 is 10.1 Å². The van der Waals surface area contributed by atoms with Gasteiger partial charge in [-0.1, -0.05) is 11.6 Å². The zero-order valence-electron chi connectivity index (χ0n) is 22.0. The van der Waals surface area contributed by atoms with Crippen molar-refractivity contribution in [2.75, 3.05) is 65.8 Å². The lowest BCUT2D eigenvalue weighted by Gasteiger charge is -2.35. The normalized spacial score (nSPS) is 14.1. The number of imidazole rings is 1. The van der Waals surface area contributed by atoms with Gasteiger partial charge in [0.15, 0.2) is 17.4 Å². The van der Waals surface area contributed by atoms with Crippen molar-refractivity contribution >= 4 is 29.1 Å². The molecule has 1 N–H and O–H groups in total. The van der Waals surface area contributed by atoms with Gasteiger partial charge in [0.05, 0.1) is 29.6 Å². The third kappa shape index (κ3) is 6.15. The third-order valence-electron chi connectivity index (χ3n) is 6.62. The molecule has 0 aliphatic carbocycles. The lowest BCUT2D eigenvalue weighted by Crippen LogP contribution is -2.50. The summed E-state index contributed by atoms with van der Waals surface area (Å²) in [6.07, 6.45) is 1.51. The molecular weight excluding hydrogens is 511 g/mol. The largest absolute Gasteiger partial charge is 0.494 e. The highest BCUT2D eigenvalue weighted by Crippen LogP contribution is 2.27. The highest BCUT2D eigenvalue weighted by Gasteiger charge is 2.24. The van der Waals surface area contributed by atoms with Crippen LogP contribution in [-0.2, 0) is 7.05 Å². The number of nitrogens with one attached hydrogen (secondary N) is 1. The van der Waals surface area contributed by atoms with Gasteiger partial charge in [-0.15, -0.1) is 0 Å². The Bertz CT molecular complexity index is 1320. The van der Waals surface area contributed by atoms with Crippen LogP contribution in [0.25, 0.3) is 11.3 Å². The molecular formula is C27H32ClFN6O3. The number of anilines is 1. The molecule has 0 saturated carbocycles. The van der Waals surface area contributed by atoms with Gasteiger partial charge in [-0.3, -0.25) is 14.5 Å². The Hall–Kier alpha value is -3.47. The smallest absolute Gasteiger partial charge is 0.291 e. The summed E-state index contributed by atoms with van der Waals surface area (Å²) in [6, 6.07) is 9.38. The molecule has 11 heteroatoms. The van der Waals surface area contributed by atoms with Crippen LogP contribution >= 0.6 is 11.6 Å². The molecule has 1 aromatic heterocycles. The lowest BCUT2D eigenvalue weighted by molar-refractivity contribution is 0.0630. The first kappa shape index (κ1) is 27.6. The Kier molecular flexibility index (Phi) is 8.65. The van der Waals surface area contributed by atoms with E-state index in [-0.39, 0.29) is 22.5 Å². The average Bonchev–Trinajstić information content (AvgIpc) is 3.28. The predicted octanol–water partition coefficient (Wildman–Crippen LogP) is 3.46. The van der Waals surface area contributed by atoms with Crippen LogP contribution in [0, 0.1) is 5.82 Å². The van der Waals surface area contributed by atoms with E-state index >= 15 is 0 Å². The van der Waals surface area contributed by atoms with Crippen LogP contribution in [0.5, 0.6) is 5.75 Å². The second-order valence-electron chi connectivity index (χ2n) is 9.46. The summed E-state index contributed by atoms with van der Waals surface area (Å²) in [5.41, 5.74) is 1.96. The highest BCUT2D eigenvalue weighted by molar-refractivity contribution is 6.34. The van der Waals surface area contributed by atoms with Gasteiger partial charge in [-0.05, 0) is 50.5 Å². The van der Waals surface area contributed by atoms with Gasteiger partial charge in [-0.25, -0.2) is 9.37 Å². The van der Waals surface area contributed by atoms with E-state index in [9.17, 15) is 14.0 Å². The zero-order chi connectivity index (χ0) is 27.4. The van der Waals surface area contributed by atoms with E-state index in [4.69, 9.17) is 16.3 Å². The average molecular weight is 543 g/mol. The van der Waals surface area contributed by atoms with Crippen LogP contribution in [0.15, 0.2) is 42.6 Å². The first-order chi connectivity index (χ1) is 18.2. The number of nitrogens with zero attached hydrogens (tertiary/aromatic N) is 5. The maximum Gasteiger partial charge on any atom is 0.291 e. The Morgan fingerprint density at radius 2 is 1.87 bits per heavy atom. The minimum absolute atomic E-state index is 0.124. The van der Waals surface area contributed by atoms with E-state index in [0.717, 1.165) is 26.2 Å². The Morgan fingerprint density at radius 3 is 2.50 bits per heavy atom. The van der Waals surface area contributed by atoms with Gasteiger partial charge < -0.3 is 24.4 Å². The number of piperazine rings is 1. The summed E-state index contributed by atoms with van der Waals surface area (Å²) in [4.78, 5) is 36.5. The number of methoxy groups -OCH3 is 1. The first-order valence-electron chi connectivity index (χ1n) is 12.3. The fourth-order valence-corrected chi connectivity index (χ4v) is 4.62. The summed E-state index contributed by atoms with van der Waals surface area (Å²) in [5, 5.41) is 3.03. The van der Waals surface area contributed by atoms with Crippen LogP contribution in [0.2, 0.25) is 5.02 Å². The van der Waals surface area contributed by atoms with E-state index in [0.29, 0.717) is 35.6 Å². The van der Waals surface area contributed by atoms with Crippen LogP contribution in [0.3, 0.4) is 0 Å². The van der Waals surface area contributed by atoms with Crippen LogP contribution in [0.4, 0.5) is 10.1 Å². The quantitative estimate of drug-likeness (QED) is 0.469. The predicted molar refractivity (Wildman–Crippen MR) is 145 cm³/mol. The Balaban J connectivity index is 1.40. The van der Waals surface area contributed by atoms with Gasteiger partial charge in [0.2, 0.25) is 0 Å². The van der Waals surface area contributed by atoms with Gasteiger partial charge >= 0.3 is 0 Å². The Labute approximate surface area is 226 Å². The minimum atomic E-state index is -0.507. The van der Waals surface area contributed by atoms with Crippen molar-refractivity contribution in [2.24, 2.45) is 7.05 Å². The van der Waals surface area contributed by atoms with Gasteiger partial charge in [0.25, 0.3) is 11.8 Å². The number of halogens is 2. The molecule has 1 aliphatic heterocycles. The van der Waals surface area contributed by atoms with Crippen LogP contribution in [-0.4, -0.2) is 96.5 Å². The van der Waals surface area contributed by atoms with Gasteiger partial charge in [0.1, 0.15) is 0 Å². The maximum atomic E-state index is 14.2. The molecule has 38 heavy (non-hydrogen) atoms. The molecule has 0 bridgehead atoms. The molecule has 9 nitrogen and oxygen atoms in total. The first-order valence-corrected chi connectivity index (χ1v) is 12.7. The molecule has 0 atom stereocenters. The number of hydrogen-bond donors (Lipinski definition) is 1. The van der Waals surface area contributed by atoms with Crippen LogP contribution in [0.1, 0.15) is 21.0 Å². The molecule has 0 unspecified atom stereocenters. The standard InChI is InChI=1S/C27H32ClFN6O3/c1-32(2)9-10-34-11-13-35(14-12-34)27(37)20-7-6-19(16-21(20)28)31-26(36)25-30-17-23(33(25)3)18-5-8-24(38-4)22(29)15-18/h5-8,15-17H,9-14H2,1-4H3,(H,31,36). The number of benzene rings is 2. The number of carbonyl (C=O) groups excluding carboxylic acids is 2. The number of likely N-dealkylation sites (N-methyl/N-ethyl adjacent to an activating group) is 1. The molecule has 1 fully saturated rings. The molecule has 2 amide bonds. The summed E-state index contributed by atoms with van der Waals surface area (Å²) in [6.45, 7) is 4.87. The number of aromatic nitrogens is 2. The molecule has 3 aromatic rings. The molecule has 202 valence electrons. The van der Waals surface area contributed by atoms with E-state index in [1.807, 2.05) is 19.0 Å². The van der Waals surface area contributed by atoms with Gasteiger partial charge in [0, 0.05) is 57.6 Å². The molecule has 2 aromatic carbocycles. The van der Waals surface area contributed by atoms with E-state index in [1.165, 1.54) is 25.4 Å². The second kappa shape index (κ2) is 11.9. The second-order valence-corrected chi connectivity index (χ2v) is 9.87. The van der Waals surface area contributed by atoms with Crippen molar-refractivity contribution in [3.05, 3.63) is 64.8 Å². The Morgan fingerprint density at radius 1 is 1.13 bits per heavy atom. The zero-order valence-corrected chi connectivity index (χ0v) is 22.8. The molecule has 4 rings (SSSR count). The number of ether oxygens (including phenoxy) is 1. The van der Waals surface area contributed by atoms with Crippen molar-refractivity contribution in [3.8, 4) is 17.0 Å². The number of hydrogen-bond acceptors (Lipinski definition) is 6. The summed E-state index contributed by atoms with van der Waals surface area (Å²) in [7, 11) is 7.17. The number of amides is 2. The topological polar surface area (TPSA) is 82.9 Å². The van der Waals surface area contributed by atoms with Crippen molar-refractivity contribution in [1.29, 1.82) is 0 Å². The van der Waals surface area contributed by atoms with E-state index < -0.39 is 11.7 Å². The summed E-state index contributed by atoms with van der Waals surface area (Å²) < 4.78 is 20.7. The fourth-order valence-electron chi connectivity index (χ4n) is 4.35. The third-order valence-corrected chi connectivity index (χ3v) is 6.93. The summed E-state index contributed by atoms with van der Waals surface area (Å²) in [5.74, 6) is -0.820. The van der Waals surface area contributed by atoms with Crippen molar-refractivity contribution in [3.63, 3.8) is 0 Å². The summed E-state index contributed by atoms with van der Waals surface area (Å²) >= 11 is 6.46. The minimum Gasteiger partial charge on any atom is -0.494 e. The van der Waals surface area contributed by atoms with Crippen molar-refractivity contribution < 1.29 is 18.7 Å². The number of rotatable bonds is 8. The van der Waals surface area contributed by atoms with Gasteiger partial charge in [-0.2, -0.15) is 0 Å². The molecule has 1 saturated heterocycles. The number of carbonyl (C=O) groups is 2. The monoisotopic (exact) mass is 542 g/mol. The molecule has 1 aliphatic rings.